The summed E-state index contributed by atoms with van der Waals surface area (Å²) < 4.78 is 22.5. The Labute approximate surface area is 106 Å². The van der Waals surface area contributed by atoms with Crippen molar-refractivity contribution in [3.63, 3.8) is 0 Å². The summed E-state index contributed by atoms with van der Waals surface area (Å²) in [5.74, 6) is 0.434. The second-order valence-corrected chi connectivity index (χ2v) is 6.08. The monoisotopic (exact) mass is 268 g/mol. The number of sulfone groups is 1. The summed E-state index contributed by atoms with van der Waals surface area (Å²) in [6, 6.07) is -0.269. The van der Waals surface area contributed by atoms with Gasteiger partial charge in [0.15, 0.2) is 9.84 Å². The molecule has 1 aliphatic rings. The highest BCUT2D eigenvalue weighted by molar-refractivity contribution is 7.94. The summed E-state index contributed by atoms with van der Waals surface area (Å²) in [4.78, 5) is 4.36. The predicted molar refractivity (Wildman–Crippen MR) is 68.9 cm³/mol. The molecule has 2 heterocycles. The number of hydrogen-bond donors (Lipinski definition) is 1. The lowest BCUT2D eigenvalue weighted by molar-refractivity contribution is 0.605. The van der Waals surface area contributed by atoms with Gasteiger partial charge in [-0.15, -0.1) is 5.10 Å². The summed E-state index contributed by atoms with van der Waals surface area (Å²) >= 11 is 0. The van der Waals surface area contributed by atoms with Crippen LogP contribution in [0.2, 0.25) is 0 Å². The molecule has 18 heavy (non-hydrogen) atoms. The number of nitrogens with zero attached hydrogens (tertiary/aromatic N) is 3. The van der Waals surface area contributed by atoms with Crippen LogP contribution in [0.15, 0.2) is 11.5 Å². The van der Waals surface area contributed by atoms with Crippen molar-refractivity contribution in [1.82, 2.24) is 15.2 Å². The molecule has 1 aliphatic heterocycles. The van der Waals surface area contributed by atoms with Gasteiger partial charge in [0, 0.05) is 5.41 Å². The fourth-order valence-corrected chi connectivity index (χ4v) is 3.07. The fraction of sp³-hybridized carbons (Fsp3) is 0.545. The number of anilines is 1. The molecule has 1 aromatic heterocycles. The minimum absolute atomic E-state index is 0.0490. The zero-order valence-corrected chi connectivity index (χ0v) is 11.2. The van der Waals surface area contributed by atoms with Gasteiger partial charge >= 0.3 is 0 Å². The fourth-order valence-electron chi connectivity index (χ4n) is 1.83. The van der Waals surface area contributed by atoms with Crippen LogP contribution in [0, 0.1) is 0 Å². The van der Waals surface area contributed by atoms with E-state index in [1.54, 1.807) is 6.08 Å². The molecule has 0 fully saturated rings. The van der Waals surface area contributed by atoms with E-state index in [4.69, 9.17) is 0 Å². The van der Waals surface area contributed by atoms with Crippen molar-refractivity contribution in [2.75, 3.05) is 11.1 Å². The van der Waals surface area contributed by atoms with Gasteiger partial charge in [-0.25, -0.2) is 13.4 Å². The number of rotatable bonds is 4. The van der Waals surface area contributed by atoms with E-state index in [9.17, 15) is 8.42 Å². The Morgan fingerprint density at radius 1 is 1.28 bits per heavy atom. The first-order chi connectivity index (χ1) is 8.54. The van der Waals surface area contributed by atoms with E-state index in [0.717, 1.165) is 24.2 Å². The predicted octanol–water partition coefficient (Wildman–Crippen LogP) is 0.719. The van der Waals surface area contributed by atoms with Crippen LogP contribution in [0.5, 0.6) is 0 Å². The van der Waals surface area contributed by atoms with Gasteiger partial charge < -0.3 is 5.32 Å². The van der Waals surface area contributed by atoms with Crippen LogP contribution in [0.3, 0.4) is 0 Å². The second-order valence-electron chi connectivity index (χ2n) is 4.14. The quantitative estimate of drug-likeness (QED) is 0.866. The lowest BCUT2D eigenvalue weighted by Crippen LogP contribution is -2.23. The molecule has 0 spiro atoms. The molecule has 6 nitrogen and oxygen atoms in total. The van der Waals surface area contributed by atoms with E-state index in [2.05, 4.69) is 20.5 Å². The van der Waals surface area contributed by atoms with Gasteiger partial charge in [-0.2, -0.15) is 5.10 Å². The van der Waals surface area contributed by atoms with Crippen LogP contribution in [-0.4, -0.2) is 35.4 Å². The molecule has 0 saturated carbocycles. The summed E-state index contributed by atoms with van der Waals surface area (Å²) in [6.07, 6.45) is 3.19. The van der Waals surface area contributed by atoms with Gasteiger partial charge in [0.2, 0.25) is 5.95 Å². The van der Waals surface area contributed by atoms with Crippen molar-refractivity contribution in [1.29, 1.82) is 0 Å². The first-order valence-corrected chi connectivity index (χ1v) is 7.65. The summed E-state index contributed by atoms with van der Waals surface area (Å²) in [5, 5.41) is 12.3. The van der Waals surface area contributed by atoms with Gasteiger partial charge in [0.05, 0.1) is 23.2 Å². The Hall–Kier alpha value is -1.50. The second kappa shape index (κ2) is 5.01. The lowest BCUT2D eigenvalue weighted by Gasteiger charge is -2.11. The maximum Gasteiger partial charge on any atom is 0.243 e. The van der Waals surface area contributed by atoms with Crippen molar-refractivity contribution in [2.24, 2.45) is 0 Å². The molecular formula is C11H16N4O2S. The number of aryl methyl sites for hydroxylation is 2. The van der Waals surface area contributed by atoms with Crippen molar-refractivity contribution < 1.29 is 8.42 Å². The Balaban J connectivity index is 2.14. The molecule has 0 aliphatic carbocycles. The van der Waals surface area contributed by atoms with E-state index in [1.165, 1.54) is 5.41 Å². The Bertz CT molecular complexity index is 568. The van der Waals surface area contributed by atoms with Crippen molar-refractivity contribution in [3.05, 3.63) is 22.9 Å². The van der Waals surface area contributed by atoms with Crippen LogP contribution in [0.4, 0.5) is 5.95 Å². The highest BCUT2D eigenvalue weighted by Gasteiger charge is 2.22. The standard InChI is InChI=1S/C11H16N4O2S/c1-3-9-10(4-2)14-15-11(13-9)12-8-5-6-18(16,17)7-8/h5-6,8H,3-4,7H2,1-2H3,(H,12,13,15). The zero-order valence-electron chi connectivity index (χ0n) is 10.4. The average Bonchev–Trinajstić information content (AvgIpc) is 2.68. The third-order valence-corrected chi connectivity index (χ3v) is 4.15. The Kier molecular flexibility index (Phi) is 3.60. The number of aromatic nitrogens is 3. The van der Waals surface area contributed by atoms with Gasteiger partial charge in [-0.1, -0.05) is 13.8 Å². The molecule has 0 aromatic carbocycles. The van der Waals surface area contributed by atoms with E-state index in [-0.39, 0.29) is 11.8 Å². The average molecular weight is 268 g/mol. The Morgan fingerprint density at radius 2 is 2.00 bits per heavy atom. The van der Waals surface area contributed by atoms with Crippen LogP contribution in [-0.2, 0) is 22.7 Å². The molecule has 1 unspecified atom stereocenters. The molecule has 0 bridgehead atoms. The van der Waals surface area contributed by atoms with Crippen molar-refractivity contribution in [2.45, 2.75) is 32.7 Å². The number of nitrogens with one attached hydrogen (secondary N) is 1. The number of hydrogen-bond acceptors (Lipinski definition) is 6. The van der Waals surface area contributed by atoms with E-state index in [0.29, 0.717) is 5.95 Å². The molecule has 7 heteroatoms. The summed E-state index contributed by atoms with van der Waals surface area (Å²) in [5.41, 5.74) is 1.79. The van der Waals surface area contributed by atoms with Crippen LogP contribution in [0.25, 0.3) is 0 Å². The van der Waals surface area contributed by atoms with Gasteiger partial charge in [0.25, 0.3) is 0 Å². The van der Waals surface area contributed by atoms with E-state index in [1.807, 2.05) is 13.8 Å². The van der Waals surface area contributed by atoms with E-state index >= 15 is 0 Å². The molecular weight excluding hydrogens is 252 g/mol. The minimum Gasteiger partial charge on any atom is -0.346 e. The van der Waals surface area contributed by atoms with Crippen LogP contribution in [0.1, 0.15) is 25.2 Å². The summed E-state index contributed by atoms with van der Waals surface area (Å²) in [7, 11) is -3.06. The zero-order chi connectivity index (χ0) is 13.2. The normalized spacial score (nSPS) is 21.1. The Morgan fingerprint density at radius 3 is 2.56 bits per heavy atom. The van der Waals surface area contributed by atoms with Crippen LogP contribution < -0.4 is 5.32 Å². The first-order valence-electron chi connectivity index (χ1n) is 5.94. The molecule has 2 rings (SSSR count). The highest BCUT2D eigenvalue weighted by Crippen LogP contribution is 2.13. The molecule has 0 saturated heterocycles. The minimum atomic E-state index is -3.06. The first kappa shape index (κ1) is 12.9. The topological polar surface area (TPSA) is 84.8 Å². The lowest BCUT2D eigenvalue weighted by atomic mass is 10.2. The SMILES string of the molecule is CCc1nnc(NC2C=CS(=O)(=O)C2)nc1CC. The maximum absolute atomic E-state index is 11.3. The molecule has 1 atom stereocenters. The molecule has 1 aromatic rings. The van der Waals surface area contributed by atoms with E-state index < -0.39 is 9.84 Å². The molecule has 1 N–H and O–H groups in total. The maximum atomic E-state index is 11.3. The molecule has 98 valence electrons. The molecule has 0 amide bonds. The van der Waals surface area contributed by atoms with Gasteiger partial charge in [-0.05, 0) is 18.9 Å². The van der Waals surface area contributed by atoms with Crippen molar-refractivity contribution in [3.8, 4) is 0 Å². The van der Waals surface area contributed by atoms with Crippen LogP contribution >= 0.6 is 0 Å². The summed E-state index contributed by atoms with van der Waals surface area (Å²) in [6.45, 7) is 4.01. The third-order valence-electron chi connectivity index (χ3n) is 2.75. The smallest absolute Gasteiger partial charge is 0.243 e. The largest absolute Gasteiger partial charge is 0.346 e. The van der Waals surface area contributed by atoms with Crippen molar-refractivity contribution >= 4 is 15.8 Å². The van der Waals surface area contributed by atoms with Gasteiger partial charge in [-0.3, -0.25) is 0 Å². The third kappa shape index (κ3) is 2.84. The molecule has 0 radical (unpaired) electrons. The van der Waals surface area contributed by atoms with Gasteiger partial charge in [0.1, 0.15) is 0 Å². The highest BCUT2D eigenvalue weighted by atomic mass is 32.2.